The van der Waals surface area contributed by atoms with Crippen molar-refractivity contribution in [1.82, 2.24) is 4.98 Å². The van der Waals surface area contributed by atoms with E-state index >= 15 is 0 Å². The van der Waals surface area contributed by atoms with Crippen LogP contribution in [0.15, 0.2) is 36.5 Å². The molecule has 0 spiro atoms. The Labute approximate surface area is 119 Å². The maximum absolute atomic E-state index is 11.0. The molecule has 1 fully saturated rings. The highest BCUT2D eigenvalue weighted by molar-refractivity contribution is 5.79. The lowest BCUT2D eigenvalue weighted by Gasteiger charge is -2.37. The van der Waals surface area contributed by atoms with Crippen LogP contribution in [0.1, 0.15) is 38.2 Å². The van der Waals surface area contributed by atoms with E-state index in [1.165, 1.54) is 0 Å². The largest absolute Gasteiger partial charge is 0.385 e. The number of nitrogens with zero attached hydrogens (tertiary/aromatic N) is 1. The van der Waals surface area contributed by atoms with Gasteiger partial charge in [0, 0.05) is 24.4 Å². The second-order valence-corrected chi connectivity index (χ2v) is 5.68. The van der Waals surface area contributed by atoms with E-state index in [1.54, 1.807) is 6.20 Å². The lowest BCUT2D eigenvalue weighted by Crippen LogP contribution is -2.38. The van der Waals surface area contributed by atoms with E-state index in [2.05, 4.69) is 18.0 Å². The summed E-state index contributed by atoms with van der Waals surface area (Å²) in [6.45, 7) is 2.78. The maximum Gasteiger partial charge on any atom is 0.0943 e. The molecule has 3 heteroatoms. The second kappa shape index (κ2) is 5.51. The van der Waals surface area contributed by atoms with Gasteiger partial charge in [-0.3, -0.25) is 4.98 Å². The molecule has 1 N–H and O–H groups in total. The zero-order valence-corrected chi connectivity index (χ0v) is 11.9. The molecule has 0 radical (unpaired) electrons. The molecule has 2 atom stereocenters. The van der Waals surface area contributed by atoms with Crippen LogP contribution in [-0.4, -0.2) is 22.8 Å². The number of hydrogen-bond acceptors (Lipinski definition) is 3. The molecule has 2 unspecified atom stereocenters. The first-order valence-electron chi connectivity index (χ1n) is 7.40. The van der Waals surface area contributed by atoms with Crippen molar-refractivity contribution in [2.45, 2.75) is 44.3 Å². The molecule has 0 amide bonds. The molecule has 1 saturated heterocycles. The Morgan fingerprint density at radius 3 is 3.15 bits per heavy atom. The van der Waals surface area contributed by atoms with E-state index < -0.39 is 5.60 Å². The average molecular weight is 271 g/mol. The Hall–Kier alpha value is -1.45. The van der Waals surface area contributed by atoms with Gasteiger partial charge < -0.3 is 9.84 Å². The molecular formula is C17H21NO2. The summed E-state index contributed by atoms with van der Waals surface area (Å²) >= 11 is 0. The van der Waals surface area contributed by atoms with Crippen LogP contribution in [0.4, 0.5) is 0 Å². The average Bonchev–Trinajstić information content (AvgIpc) is 2.47. The molecule has 1 aliphatic heterocycles. The fourth-order valence-corrected chi connectivity index (χ4v) is 3.07. The van der Waals surface area contributed by atoms with E-state index in [9.17, 15) is 5.11 Å². The lowest BCUT2D eigenvalue weighted by molar-refractivity contribution is -0.110. The summed E-state index contributed by atoms with van der Waals surface area (Å²) in [5, 5.41) is 12.1. The van der Waals surface area contributed by atoms with E-state index in [0.29, 0.717) is 19.4 Å². The number of ether oxygens (including phenoxy) is 1. The molecule has 1 aromatic heterocycles. The summed E-state index contributed by atoms with van der Waals surface area (Å²) in [6.07, 6.45) is 5.41. The molecular weight excluding hydrogens is 250 g/mol. The van der Waals surface area contributed by atoms with Crippen molar-refractivity contribution >= 4 is 10.9 Å². The predicted molar refractivity (Wildman–Crippen MR) is 79.5 cm³/mol. The fraction of sp³-hybridized carbons (Fsp3) is 0.471. The highest BCUT2D eigenvalue weighted by atomic mass is 16.5. The van der Waals surface area contributed by atoms with Crippen LogP contribution in [0.3, 0.4) is 0 Å². The van der Waals surface area contributed by atoms with E-state index in [-0.39, 0.29) is 6.10 Å². The van der Waals surface area contributed by atoms with Crippen LogP contribution in [0, 0.1) is 0 Å². The van der Waals surface area contributed by atoms with Gasteiger partial charge in [-0.25, -0.2) is 0 Å². The number of fused-ring (bicyclic) bond motifs is 1. The highest BCUT2D eigenvalue weighted by Gasteiger charge is 2.36. The first kappa shape index (κ1) is 13.5. The van der Waals surface area contributed by atoms with Crippen LogP contribution in [0.25, 0.3) is 10.9 Å². The minimum Gasteiger partial charge on any atom is -0.385 e. The highest BCUT2D eigenvalue weighted by Crippen LogP contribution is 2.36. The number of rotatable bonds is 3. The topological polar surface area (TPSA) is 42.4 Å². The first-order valence-corrected chi connectivity index (χ1v) is 7.40. The van der Waals surface area contributed by atoms with Gasteiger partial charge in [0.25, 0.3) is 0 Å². The molecule has 3 rings (SSSR count). The molecule has 1 aromatic carbocycles. The number of aromatic nitrogens is 1. The number of benzene rings is 1. The van der Waals surface area contributed by atoms with Gasteiger partial charge in [-0.2, -0.15) is 0 Å². The molecule has 2 heterocycles. The molecule has 0 aliphatic carbocycles. The van der Waals surface area contributed by atoms with Crippen LogP contribution in [0.2, 0.25) is 0 Å². The van der Waals surface area contributed by atoms with Crippen molar-refractivity contribution in [1.29, 1.82) is 0 Å². The van der Waals surface area contributed by atoms with Crippen molar-refractivity contribution in [3.8, 4) is 0 Å². The molecule has 0 bridgehead atoms. The van der Waals surface area contributed by atoms with Crippen LogP contribution in [0.5, 0.6) is 0 Å². The first-order chi connectivity index (χ1) is 9.71. The smallest absolute Gasteiger partial charge is 0.0943 e. The van der Waals surface area contributed by atoms with Crippen molar-refractivity contribution in [2.24, 2.45) is 0 Å². The van der Waals surface area contributed by atoms with Gasteiger partial charge in [0.15, 0.2) is 0 Å². The number of aliphatic hydroxyl groups is 1. The number of hydrogen-bond donors (Lipinski definition) is 1. The van der Waals surface area contributed by atoms with Gasteiger partial charge in [-0.15, -0.1) is 0 Å². The Morgan fingerprint density at radius 1 is 1.40 bits per heavy atom. The Kier molecular flexibility index (Phi) is 3.72. The standard InChI is InChI=1S/C17H21NO2/c1-2-4-15-12-17(19,8-10-20-15)14-6-7-16-13(11-14)5-3-9-18-16/h3,5-7,9,11,15,19H,2,4,8,10,12H2,1H3. The third-order valence-corrected chi connectivity index (χ3v) is 4.19. The molecule has 0 saturated carbocycles. The number of pyridine rings is 1. The van der Waals surface area contributed by atoms with Crippen LogP contribution >= 0.6 is 0 Å². The van der Waals surface area contributed by atoms with Crippen molar-refractivity contribution in [3.63, 3.8) is 0 Å². The summed E-state index contributed by atoms with van der Waals surface area (Å²) in [5.41, 5.74) is 1.20. The van der Waals surface area contributed by atoms with Crippen molar-refractivity contribution in [3.05, 3.63) is 42.1 Å². The molecule has 3 nitrogen and oxygen atoms in total. The Balaban J connectivity index is 1.92. The summed E-state index contributed by atoms with van der Waals surface area (Å²) in [4.78, 5) is 4.33. The fourth-order valence-electron chi connectivity index (χ4n) is 3.07. The second-order valence-electron chi connectivity index (χ2n) is 5.68. The Morgan fingerprint density at radius 2 is 2.30 bits per heavy atom. The summed E-state index contributed by atoms with van der Waals surface area (Å²) < 4.78 is 5.75. The van der Waals surface area contributed by atoms with Gasteiger partial charge >= 0.3 is 0 Å². The van der Waals surface area contributed by atoms with Crippen molar-refractivity contribution < 1.29 is 9.84 Å². The van der Waals surface area contributed by atoms with Gasteiger partial charge in [0.2, 0.25) is 0 Å². The third-order valence-electron chi connectivity index (χ3n) is 4.19. The molecule has 2 aromatic rings. The van der Waals surface area contributed by atoms with Gasteiger partial charge in [-0.05, 0) is 30.2 Å². The Bertz CT molecular complexity index is 596. The zero-order valence-electron chi connectivity index (χ0n) is 11.9. The third kappa shape index (κ3) is 2.56. The quantitative estimate of drug-likeness (QED) is 0.930. The van der Waals surface area contributed by atoms with Gasteiger partial charge in [0.05, 0.1) is 23.8 Å². The summed E-state index contributed by atoms with van der Waals surface area (Å²) in [7, 11) is 0. The lowest BCUT2D eigenvalue weighted by atomic mass is 9.82. The summed E-state index contributed by atoms with van der Waals surface area (Å²) in [5.74, 6) is 0. The van der Waals surface area contributed by atoms with Gasteiger partial charge in [0.1, 0.15) is 0 Å². The van der Waals surface area contributed by atoms with Crippen LogP contribution in [-0.2, 0) is 10.3 Å². The minimum absolute atomic E-state index is 0.170. The minimum atomic E-state index is -0.762. The van der Waals surface area contributed by atoms with E-state index in [4.69, 9.17) is 4.74 Å². The van der Waals surface area contributed by atoms with Crippen molar-refractivity contribution in [2.75, 3.05) is 6.61 Å². The SMILES string of the molecule is CCCC1CC(O)(c2ccc3ncccc3c2)CCO1. The van der Waals surface area contributed by atoms with Crippen LogP contribution < -0.4 is 0 Å². The normalized spacial score (nSPS) is 26.8. The maximum atomic E-state index is 11.0. The zero-order chi connectivity index (χ0) is 14.0. The monoisotopic (exact) mass is 271 g/mol. The predicted octanol–water partition coefficient (Wildman–Crippen LogP) is 3.40. The molecule has 106 valence electrons. The van der Waals surface area contributed by atoms with E-state index in [0.717, 1.165) is 29.3 Å². The molecule has 20 heavy (non-hydrogen) atoms. The molecule has 1 aliphatic rings. The van der Waals surface area contributed by atoms with E-state index in [1.807, 2.05) is 24.3 Å². The van der Waals surface area contributed by atoms with Gasteiger partial charge in [-0.1, -0.05) is 25.5 Å². The summed E-state index contributed by atoms with van der Waals surface area (Å²) in [6, 6.07) is 10.0.